The third kappa shape index (κ3) is 4.84. The molecule has 0 fully saturated rings. The number of benzene rings is 1. The molecule has 29 heavy (non-hydrogen) atoms. The van der Waals surface area contributed by atoms with Crippen molar-refractivity contribution >= 4 is 23.4 Å². The Morgan fingerprint density at radius 1 is 1.24 bits per heavy atom. The molecule has 0 aliphatic rings. The Labute approximate surface area is 175 Å². The second-order valence-corrected chi connectivity index (χ2v) is 8.37. The molecule has 0 unspecified atom stereocenters. The zero-order valence-electron chi connectivity index (χ0n) is 17.5. The monoisotopic (exact) mass is 413 g/mol. The normalized spacial score (nSPS) is 12.2. The first-order valence-corrected chi connectivity index (χ1v) is 10.6. The minimum Gasteiger partial charge on any atom is -0.322 e. The molecule has 9 heteroatoms. The molecule has 0 saturated heterocycles. The van der Waals surface area contributed by atoms with Crippen LogP contribution in [-0.2, 0) is 18.3 Å². The van der Waals surface area contributed by atoms with Gasteiger partial charge in [-0.05, 0) is 61.7 Å². The second kappa shape index (κ2) is 9.21. The number of anilines is 1. The smallest absolute Gasteiger partial charge is 0.237 e. The lowest BCUT2D eigenvalue weighted by molar-refractivity contribution is -0.115. The van der Waals surface area contributed by atoms with Crippen molar-refractivity contribution in [3.8, 4) is 5.69 Å². The molecule has 154 valence electrons. The summed E-state index contributed by atoms with van der Waals surface area (Å²) in [6, 6.07) is 8.23. The van der Waals surface area contributed by atoms with Crippen molar-refractivity contribution in [1.82, 2.24) is 30.0 Å². The van der Waals surface area contributed by atoms with E-state index < -0.39 is 0 Å². The van der Waals surface area contributed by atoms with E-state index in [2.05, 4.69) is 45.0 Å². The van der Waals surface area contributed by atoms with E-state index in [0.29, 0.717) is 5.16 Å². The van der Waals surface area contributed by atoms with E-state index in [1.165, 1.54) is 30.2 Å². The van der Waals surface area contributed by atoms with E-state index in [1.54, 1.807) is 9.36 Å². The Morgan fingerprint density at radius 2 is 1.97 bits per heavy atom. The molecule has 3 rings (SSSR count). The number of thioether (sulfide) groups is 1. The summed E-state index contributed by atoms with van der Waals surface area (Å²) in [5.74, 6) is -0.112. The lowest BCUT2D eigenvalue weighted by atomic mass is 10.1. The maximum absolute atomic E-state index is 12.7. The van der Waals surface area contributed by atoms with E-state index in [9.17, 15) is 4.79 Å². The molecule has 8 nitrogen and oxygen atoms in total. The van der Waals surface area contributed by atoms with E-state index in [0.717, 1.165) is 29.2 Å². The fourth-order valence-corrected chi connectivity index (χ4v) is 3.80. The van der Waals surface area contributed by atoms with Gasteiger partial charge >= 0.3 is 0 Å². The highest BCUT2D eigenvalue weighted by atomic mass is 32.2. The van der Waals surface area contributed by atoms with Gasteiger partial charge in [0.2, 0.25) is 11.1 Å². The lowest BCUT2D eigenvalue weighted by Crippen LogP contribution is -2.23. The van der Waals surface area contributed by atoms with Crippen LogP contribution in [0.2, 0.25) is 0 Å². The number of rotatable bonds is 8. The van der Waals surface area contributed by atoms with Crippen molar-refractivity contribution in [3.63, 3.8) is 0 Å². The van der Waals surface area contributed by atoms with Crippen molar-refractivity contribution in [3.05, 3.63) is 41.2 Å². The van der Waals surface area contributed by atoms with Crippen LogP contribution in [0.3, 0.4) is 0 Å². The number of unbranched alkanes of at least 4 members (excludes halogenated alkanes) is 1. The summed E-state index contributed by atoms with van der Waals surface area (Å²) in [7, 11) is 1.86. The first kappa shape index (κ1) is 21.0. The SMILES string of the molecule is CCCCc1ccc(-n2nnnc2S[C@H](C)C(=O)Nc2c(C)nn(C)c2C)cc1. The van der Waals surface area contributed by atoms with Gasteiger partial charge in [-0.1, -0.05) is 37.2 Å². The molecule has 0 radical (unpaired) electrons. The minimum atomic E-state index is -0.373. The first-order valence-electron chi connectivity index (χ1n) is 9.76. The van der Waals surface area contributed by atoms with Crippen LogP contribution in [0.1, 0.15) is 43.6 Å². The number of amides is 1. The Kier molecular flexibility index (Phi) is 6.68. The maximum Gasteiger partial charge on any atom is 0.237 e. The maximum atomic E-state index is 12.7. The third-order valence-corrected chi connectivity index (χ3v) is 5.88. The van der Waals surface area contributed by atoms with Crippen LogP contribution in [0.5, 0.6) is 0 Å². The topological polar surface area (TPSA) is 90.5 Å². The molecule has 0 spiro atoms. The molecule has 0 saturated carbocycles. The van der Waals surface area contributed by atoms with Gasteiger partial charge in [0.15, 0.2) is 0 Å². The predicted molar refractivity (Wildman–Crippen MR) is 114 cm³/mol. The van der Waals surface area contributed by atoms with Gasteiger partial charge in [-0.2, -0.15) is 9.78 Å². The summed E-state index contributed by atoms with van der Waals surface area (Å²) in [5.41, 5.74) is 4.65. The van der Waals surface area contributed by atoms with Crippen LogP contribution in [-0.4, -0.2) is 41.1 Å². The molecule has 0 bridgehead atoms. The third-order valence-electron chi connectivity index (χ3n) is 4.85. The van der Waals surface area contributed by atoms with E-state index in [-0.39, 0.29) is 11.2 Å². The number of hydrogen-bond donors (Lipinski definition) is 1. The molecule has 3 aromatic rings. The Balaban J connectivity index is 1.69. The fraction of sp³-hybridized carbons (Fsp3) is 0.450. The van der Waals surface area contributed by atoms with E-state index in [1.807, 2.05) is 40.0 Å². The first-order chi connectivity index (χ1) is 13.9. The molecule has 0 aliphatic heterocycles. The summed E-state index contributed by atoms with van der Waals surface area (Å²) in [4.78, 5) is 12.7. The zero-order valence-corrected chi connectivity index (χ0v) is 18.3. The van der Waals surface area contributed by atoms with Gasteiger partial charge in [0, 0.05) is 7.05 Å². The highest BCUT2D eigenvalue weighted by Gasteiger charge is 2.21. The van der Waals surface area contributed by atoms with Crippen molar-refractivity contribution in [2.24, 2.45) is 7.05 Å². The molecule has 1 aromatic carbocycles. The molecule has 0 aliphatic carbocycles. The Bertz CT molecular complexity index is 977. The summed E-state index contributed by atoms with van der Waals surface area (Å²) in [6.45, 7) is 7.84. The van der Waals surface area contributed by atoms with Crippen LogP contribution >= 0.6 is 11.8 Å². The van der Waals surface area contributed by atoms with Crippen molar-refractivity contribution in [1.29, 1.82) is 0 Å². The number of carbonyl (C=O) groups is 1. The molecular weight excluding hydrogens is 386 g/mol. The van der Waals surface area contributed by atoms with Gasteiger partial charge < -0.3 is 5.32 Å². The largest absolute Gasteiger partial charge is 0.322 e. The highest BCUT2D eigenvalue weighted by Crippen LogP contribution is 2.25. The summed E-state index contributed by atoms with van der Waals surface area (Å²) < 4.78 is 3.42. The molecule has 2 aromatic heterocycles. The molecule has 1 N–H and O–H groups in total. The van der Waals surface area contributed by atoms with Gasteiger partial charge in [-0.15, -0.1) is 5.10 Å². The predicted octanol–water partition coefficient (Wildman–Crippen LogP) is 3.47. The van der Waals surface area contributed by atoms with Crippen LogP contribution in [0.4, 0.5) is 5.69 Å². The average Bonchev–Trinajstić information content (AvgIpc) is 3.26. The van der Waals surface area contributed by atoms with Crippen molar-refractivity contribution in [2.75, 3.05) is 5.32 Å². The Hall–Kier alpha value is -2.68. The number of aromatic nitrogens is 6. The van der Waals surface area contributed by atoms with Gasteiger partial charge in [-0.3, -0.25) is 9.48 Å². The summed E-state index contributed by atoms with van der Waals surface area (Å²) in [5, 5.41) is 19.5. The van der Waals surface area contributed by atoms with Crippen molar-refractivity contribution < 1.29 is 4.79 Å². The molecular formula is C20H27N7OS. The number of nitrogens with one attached hydrogen (secondary N) is 1. The van der Waals surface area contributed by atoms with Crippen LogP contribution < -0.4 is 5.32 Å². The van der Waals surface area contributed by atoms with E-state index >= 15 is 0 Å². The van der Waals surface area contributed by atoms with Gasteiger partial charge in [0.25, 0.3) is 0 Å². The summed E-state index contributed by atoms with van der Waals surface area (Å²) >= 11 is 1.32. The average molecular weight is 414 g/mol. The lowest BCUT2D eigenvalue weighted by Gasteiger charge is -2.12. The van der Waals surface area contributed by atoms with Crippen LogP contribution in [0.15, 0.2) is 29.4 Å². The van der Waals surface area contributed by atoms with Gasteiger partial charge in [0.05, 0.1) is 28.0 Å². The number of hydrogen-bond acceptors (Lipinski definition) is 6. The molecule has 2 heterocycles. The Morgan fingerprint density at radius 3 is 2.59 bits per heavy atom. The number of aryl methyl sites for hydroxylation is 3. The quantitative estimate of drug-likeness (QED) is 0.569. The van der Waals surface area contributed by atoms with Crippen LogP contribution in [0.25, 0.3) is 5.69 Å². The minimum absolute atomic E-state index is 0.112. The number of carbonyl (C=O) groups excluding carboxylic acids is 1. The van der Waals surface area contributed by atoms with Gasteiger partial charge in [-0.25, -0.2) is 0 Å². The molecule has 1 amide bonds. The van der Waals surface area contributed by atoms with Crippen LogP contribution in [0, 0.1) is 13.8 Å². The van der Waals surface area contributed by atoms with Gasteiger partial charge in [0.1, 0.15) is 0 Å². The number of nitrogens with zero attached hydrogens (tertiary/aromatic N) is 6. The zero-order chi connectivity index (χ0) is 21.0. The number of tetrazole rings is 1. The standard InChI is InChI=1S/C20H27N7OS/c1-6-7-8-16-9-11-17(12-10-16)27-20(22-24-25-27)29-15(4)19(28)21-18-13(2)23-26(5)14(18)3/h9-12,15H,6-8H2,1-5H3,(H,21,28)/t15-/m1/s1. The van der Waals surface area contributed by atoms with E-state index in [4.69, 9.17) is 0 Å². The summed E-state index contributed by atoms with van der Waals surface area (Å²) in [6.07, 6.45) is 3.42. The fourth-order valence-electron chi connectivity index (χ4n) is 2.99. The molecule has 1 atom stereocenters. The van der Waals surface area contributed by atoms with Crippen molar-refractivity contribution in [2.45, 2.75) is 57.4 Å². The second-order valence-electron chi connectivity index (χ2n) is 7.06. The highest BCUT2D eigenvalue weighted by molar-refractivity contribution is 8.00.